The molecule has 0 saturated carbocycles. The minimum Gasteiger partial charge on any atom is -0.498 e. The summed E-state index contributed by atoms with van der Waals surface area (Å²) < 4.78 is 28.1. The van der Waals surface area contributed by atoms with E-state index in [4.69, 9.17) is 23.7 Å². The second-order valence-electron chi connectivity index (χ2n) is 7.17. The molecule has 0 amide bonds. The largest absolute Gasteiger partial charge is 0.498 e. The molecule has 7 nitrogen and oxygen atoms in total. The number of methoxy groups -OCH3 is 2. The maximum Gasteiger partial charge on any atom is 0.303 e. The van der Waals surface area contributed by atoms with Crippen molar-refractivity contribution < 1.29 is 33.3 Å². The molecule has 0 saturated heterocycles. The molecule has 30 heavy (non-hydrogen) atoms. The molecule has 1 aliphatic heterocycles. The highest BCUT2D eigenvalue weighted by atomic mass is 16.7. The zero-order valence-corrected chi connectivity index (χ0v) is 17.6. The van der Waals surface area contributed by atoms with Gasteiger partial charge in [0.2, 0.25) is 6.79 Å². The molecule has 3 rings (SSSR count). The summed E-state index contributed by atoms with van der Waals surface area (Å²) in [6.45, 7) is 7.09. The Morgan fingerprint density at radius 1 is 1.30 bits per heavy atom. The van der Waals surface area contributed by atoms with E-state index in [0.717, 1.165) is 0 Å². The van der Waals surface area contributed by atoms with Crippen molar-refractivity contribution >= 4 is 11.8 Å². The molecule has 1 heterocycles. The Bertz CT molecular complexity index is 914. The van der Waals surface area contributed by atoms with Gasteiger partial charge in [-0.2, -0.15) is 0 Å². The molecular weight excluding hydrogens is 388 g/mol. The third-order valence-corrected chi connectivity index (χ3v) is 5.42. The predicted molar refractivity (Wildman–Crippen MR) is 109 cm³/mol. The number of ketones is 1. The average molecular weight is 414 g/mol. The molecule has 2 aliphatic rings. The van der Waals surface area contributed by atoms with Crippen molar-refractivity contribution in [1.82, 2.24) is 0 Å². The Labute approximate surface area is 175 Å². The summed E-state index contributed by atoms with van der Waals surface area (Å²) in [6.07, 6.45) is 4.49. The SMILES string of the molecule is C=CCC1=CC(OC)(C(C)C(OC(C)=O)c2ccc3c(c2)OCO3)C(OC)=CC1=O. The summed E-state index contributed by atoms with van der Waals surface area (Å²) in [5, 5.41) is 0. The Kier molecular flexibility index (Phi) is 6.31. The van der Waals surface area contributed by atoms with Crippen molar-refractivity contribution in [3.8, 4) is 11.5 Å². The number of esters is 1. The van der Waals surface area contributed by atoms with E-state index < -0.39 is 23.6 Å². The van der Waals surface area contributed by atoms with E-state index in [-0.39, 0.29) is 12.6 Å². The molecule has 0 aromatic heterocycles. The van der Waals surface area contributed by atoms with Crippen LogP contribution in [0, 0.1) is 5.92 Å². The number of fused-ring (bicyclic) bond motifs is 1. The topological polar surface area (TPSA) is 80.3 Å². The molecule has 3 unspecified atom stereocenters. The van der Waals surface area contributed by atoms with Crippen molar-refractivity contribution in [2.24, 2.45) is 5.92 Å². The van der Waals surface area contributed by atoms with Gasteiger partial charge in [-0.1, -0.05) is 19.1 Å². The average Bonchev–Trinajstić information content (AvgIpc) is 3.20. The Morgan fingerprint density at radius 3 is 2.67 bits per heavy atom. The summed E-state index contributed by atoms with van der Waals surface area (Å²) in [6, 6.07) is 5.38. The van der Waals surface area contributed by atoms with Crippen LogP contribution in [0.15, 0.2) is 54.3 Å². The molecule has 0 radical (unpaired) electrons. The van der Waals surface area contributed by atoms with Crippen LogP contribution in [0.2, 0.25) is 0 Å². The number of carbonyl (C=O) groups is 2. The van der Waals surface area contributed by atoms with Crippen LogP contribution in [-0.4, -0.2) is 38.4 Å². The highest BCUT2D eigenvalue weighted by Crippen LogP contribution is 2.45. The van der Waals surface area contributed by atoms with E-state index in [1.807, 2.05) is 13.0 Å². The molecule has 1 aliphatic carbocycles. The fraction of sp³-hybridized carbons (Fsp3) is 0.391. The lowest BCUT2D eigenvalue weighted by Crippen LogP contribution is -2.45. The van der Waals surface area contributed by atoms with Crippen molar-refractivity contribution in [3.63, 3.8) is 0 Å². The number of hydrogen-bond acceptors (Lipinski definition) is 7. The molecule has 0 N–H and O–H groups in total. The number of carbonyl (C=O) groups excluding carboxylic acids is 2. The minimum atomic E-state index is -1.13. The summed E-state index contributed by atoms with van der Waals surface area (Å²) in [4.78, 5) is 24.4. The molecule has 1 aromatic rings. The van der Waals surface area contributed by atoms with E-state index >= 15 is 0 Å². The molecule has 0 fully saturated rings. The zero-order valence-electron chi connectivity index (χ0n) is 17.6. The normalized spacial score (nSPS) is 21.9. The fourth-order valence-electron chi connectivity index (χ4n) is 3.91. The molecule has 1 aromatic carbocycles. The number of allylic oxidation sites excluding steroid dienone is 3. The van der Waals surface area contributed by atoms with E-state index in [2.05, 4.69) is 6.58 Å². The lowest BCUT2D eigenvalue weighted by molar-refractivity contribution is -0.155. The molecule has 160 valence electrons. The third-order valence-electron chi connectivity index (χ3n) is 5.42. The number of benzene rings is 1. The van der Waals surface area contributed by atoms with Gasteiger partial charge < -0.3 is 23.7 Å². The van der Waals surface area contributed by atoms with E-state index in [0.29, 0.717) is 34.8 Å². The van der Waals surface area contributed by atoms with E-state index in [9.17, 15) is 9.59 Å². The fourth-order valence-corrected chi connectivity index (χ4v) is 3.91. The second kappa shape index (κ2) is 8.75. The number of ether oxygens (including phenoxy) is 5. The van der Waals surface area contributed by atoms with E-state index in [1.165, 1.54) is 27.2 Å². The van der Waals surface area contributed by atoms with Crippen molar-refractivity contribution in [1.29, 1.82) is 0 Å². The molecular formula is C23H26O7. The van der Waals surface area contributed by atoms with Gasteiger partial charge in [0.1, 0.15) is 17.5 Å². The van der Waals surface area contributed by atoms with Crippen LogP contribution >= 0.6 is 0 Å². The second-order valence-corrected chi connectivity index (χ2v) is 7.17. The van der Waals surface area contributed by atoms with Gasteiger partial charge in [-0.15, -0.1) is 6.58 Å². The smallest absolute Gasteiger partial charge is 0.303 e. The van der Waals surface area contributed by atoms with E-state index in [1.54, 1.807) is 24.3 Å². The van der Waals surface area contributed by atoms with Crippen LogP contribution < -0.4 is 9.47 Å². The van der Waals surface area contributed by atoms with Crippen LogP contribution in [-0.2, 0) is 23.8 Å². The summed E-state index contributed by atoms with van der Waals surface area (Å²) in [5.41, 5.74) is 0.119. The maximum atomic E-state index is 12.5. The first-order chi connectivity index (χ1) is 14.4. The Hall–Kier alpha value is -3.06. The van der Waals surface area contributed by atoms with Gasteiger partial charge in [-0.3, -0.25) is 9.59 Å². The van der Waals surface area contributed by atoms with Gasteiger partial charge in [-0.05, 0) is 30.2 Å². The molecule has 0 spiro atoms. The lowest BCUT2D eigenvalue weighted by atomic mass is 9.75. The van der Waals surface area contributed by atoms with Gasteiger partial charge in [0.05, 0.1) is 7.11 Å². The highest BCUT2D eigenvalue weighted by molar-refractivity contribution is 6.06. The monoisotopic (exact) mass is 414 g/mol. The lowest BCUT2D eigenvalue weighted by Gasteiger charge is -2.41. The van der Waals surface area contributed by atoms with Gasteiger partial charge in [0.15, 0.2) is 17.3 Å². The highest BCUT2D eigenvalue weighted by Gasteiger charge is 2.48. The van der Waals surface area contributed by atoms with Crippen LogP contribution in [0.1, 0.15) is 31.9 Å². The molecule has 7 heteroatoms. The van der Waals surface area contributed by atoms with Gasteiger partial charge in [0.25, 0.3) is 0 Å². The number of rotatable bonds is 8. The first-order valence-electron chi connectivity index (χ1n) is 9.61. The molecule has 0 bridgehead atoms. The standard InChI is InChI=1S/C23H26O7/c1-6-7-17-12-23(27-5,21(26-4)11-18(17)25)14(2)22(30-15(3)24)16-8-9-19-20(10-16)29-13-28-19/h6,8-12,14,22H,1,7,13H2,2-5H3. The third kappa shape index (κ3) is 3.85. The van der Waals surface area contributed by atoms with Crippen LogP contribution in [0.4, 0.5) is 0 Å². The van der Waals surface area contributed by atoms with Crippen LogP contribution in [0.25, 0.3) is 0 Å². The number of hydrogen-bond donors (Lipinski definition) is 0. The first-order valence-corrected chi connectivity index (χ1v) is 9.61. The van der Waals surface area contributed by atoms with Crippen molar-refractivity contribution in [2.75, 3.05) is 21.0 Å². The predicted octanol–water partition coefficient (Wildman–Crippen LogP) is 3.66. The van der Waals surface area contributed by atoms with Gasteiger partial charge >= 0.3 is 5.97 Å². The Balaban J connectivity index is 2.09. The van der Waals surface area contributed by atoms with Crippen molar-refractivity contribution in [2.45, 2.75) is 32.0 Å². The van der Waals surface area contributed by atoms with Crippen molar-refractivity contribution in [3.05, 3.63) is 59.9 Å². The zero-order chi connectivity index (χ0) is 21.9. The van der Waals surface area contributed by atoms with Crippen LogP contribution in [0.3, 0.4) is 0 Å². The molecule has 3 atom stereocenters. The summed E-state index contributed by atoms with van der Waals surface area (Å²) in [7, 11) is 3.01. The summed E-state index contributed by atoms with van der Waals surface area (Å²) >= 11 is 0. The first kappa shape index (κ1) is 21.6. The Morgan fingerprint density at radius 2 is 2.03 bits per heavy atom. The summed E-state index contributed by atoms with van der Waals surface area (Å²) in [5.74, 6) is 0.481. The quantitative estimate of drug-likeness (QED) is 0.474. The van der Waals surface area contributed by atoms with Gasteiger partial charge in [-0.25, -0.2) is 0 Å². The maximum absolute atomic E-state index is 12.5. The van der Waals surface area contributed by atoms with Gasteiger partial charge in [0, 0.05) is 31.6 Å². The minimum absolute atomic E-state index is 0.140. The van der Waals surface area contributed by atoms with Crippen LogP contribution in [0.5, 0.6) is 11.5 Å².